The molecule has 2 aliphatic rings. The zero-order chi connectivity index (χ0) is 23.2. The second-order valence-electron chi connectivity index (χ2n) is 8.15. The molecule has 0 atom stereocenters. The standard InChI is InChI=1S/C23H28N6O3S/c1-2-8-29(9-4-7-25-23(31)32-17-5-3-6-17)22(30)15-10-20-18(28-21(24)11-15)12-19(33-20)16-13-26-27-14-16/h9-10,12-14,17H,2-8,11H2,1H3,(H3-,24,25,26,27,28,30,31)/p+1. The zero-order valence-corrected chi connectivity index (χ0v) is 19.5. The van der Waals surface area contributed by atoms with Crippen molar-refractivity contribution in [3.05, 3.63) is 28.9 Å². The zero-order valence-electron chi connectivity index (χ0n) is 18.7. The van der Waals surface area contributed by atoms with E-state index >= 15 is 0 Å². The van der Waals surface area contributed by atoms with Crippen molar-refractivity contribution in [1.29, 1.82) is 0 Å². The molecule has 1 aliphatic carbocycles. The van der Waals surface area contributed by atoms with Gasteiger partial charge in [-0.2, -0.15) is 9.67 Å². The van der Waals surface area contributed by atoms with Gasteiger partial charge in [-0.15, -0.1) is 11.3 Å². The highest BCUT2D eigenvalue weighted by Crippen LogP contribution is 2.39. The van der Waals surface area contributed by atoms with Gasteiger partial charge >= 0.3 is 12.0 Å². The van der Waals surface area contributed by atoms with Crippen LogP contribution in [-0.2, 0) is 9.53 Å². The molecule has 0 bridgehead atoms. The Morgan fingerprint density at radius 2 is 2.27 bits per heavy atom. The fourth-order valence-corrected chi connectivity index (χ4v) is 4.67. The Labute approximate surface area is 196 Å². The monoisotopic (exact) mass is 469 g/mol. The summed E-state index contributed by atoms with van der Waals surface area (Å²) >= 11 is 1.55. The molecule has 0 radical (unpaired) electrons. The Balaban J connectivity index is 1.45. The van der Waals surface area contributed by atoms with Gasteiger partial charge in [-0.05, 0) is 31.4 Å². The Kier molecular flexibility index (Phi) is 7.33. The predicted molar refractivity (Wildman–Crippen MR) is 129 cm³/mol. The second-order valence-corrected chi connectivity index (χ2v) is 9.24. The number of fused-ring (bicyclic) bond motifs is 1. The van der Waals surface area contributed by atoms with Crippen LogP contribution in [0.4, 0.5) is 10.5 Å². The molecule has 3 heterocycles. The number of H-pyrrole nitrogens is 1. The number of nitrogens with two attached hydrogens (primary N) is 1. The van der Waals surface area contributed by atoms with Gasteiger partial charge in [0.15, 0.2) is 12.8 Å². The lowest BCUT2D eigenvalue weighted by Gasteiger charge is -2.24. The van der Waals surface area contributed by atoms with Crippen molar-refractivity contribution < 1.29 is 18.9 Å². The van der Waals surface area contributed by atoms with Gasteiger partial charge in [-0.1, -0.05) is 6.92 Å². The van der Waals surface area contributed by atoms with Crippen molar-refractivity contribution in [2.45, 2.75) is 51.6 Å². The van der Waals surface area contributed by atoms with E-state index in [-0.39, 0.29) is 12.0 Å². The predicted octanol–water partition coefficient (Wildman–Crippen LogP) is 3.60. The van der Waals surface area contributed by atoms with Crippen LogP contribution in [-0.4, -0.2) is 58.0 Å². The summed E-state index contributed by atoms with van der Waals surface area (Å²) in [6.45, 7) is 3.01. The second kappa shape index (κ2) is 10.6. The molecule has 2 amide bonds. The van der Waals surface area contributed by atoms with Crippen molar-refractivity contribution in [3.8, 4) is 10.4 Å². The van der Waals surface area contributed by atoms with Gasteiger partial charge in [-0.3, -0.25) is 5.10 Å². The summed E-state index contributed by atoms with van der Waals surface area (Å²) in [5.74, 6) is 0.305. The maximum atomic E-state index is 13.3. The van der Waals surface area contributed by atoms with Gasteiger partial charge in [0.1, 0.15) is 11.9 Å². The number of amides is 2. The molecule has 1 saturated carbocycles. The van der Waals surface area contributed by atoms with Crippen LogP contribution < -0.4 is 11.1 Å². The summed E-state index contributed by atoms with van der Waals surface area (Å²) < 4.78 is 6.99. The molecule has 0 saturated heterocycles. The molecule has 0 aromatic carbocycles. The topological polar surface area (TPSA) is 125 Å². The number of carbonyl (C=O) groups is 2. The summed E-state index contributed by atoms with van der Waals surface area (Å²) in [6, 6.07) is 1.96. The van der Waals surface area contributed by atoms with Crippen molar-refractivity contribution in [3.63, 3.8) is 0 Å². The lowest BCUT2D eigenvalue weighted by molar-refractivity contribution is -0.441. The number of thiophene rings is 1. The molecular weight excluding hydrogens is 440 g/mol. The molecular formula is C23H29N6O3S+. The molecule has 9 nitrogen and oxygen atoms in total. The van der Waals surface area contributed by atoms with Gasteiger partial charge < -0.3 is 15.8 Å². The smallest absolute Gasteiger partial charge is 0.415 e. The van der Waals surface area contributed by atoms with E-state index in [4.69, 9.17) is 10.5 Å². The Morgan fingerprint density at radius 1 is 1.42 bits per heavy atom. The van der Waals surface area contributed by atoms with Crippen LogP contribution in [0.2, 0.25) is 0 Å². The Morgan fingerprint density at radius 3 is 2.97 bits per heavy atom. The fraction of sp³-hybridized carbons (Fsp3) is 0.435. The molecule has 1 aliphatic heterocycles. The molecule has 0 spiro atoms. The van der Waals surface area contributed by atoms with Crippen molar-refractivity contribution >= 4 is 47.2 Å². The van der Waals surface area contributed by atoms with Crippen molar-refractivity contribution in [2.24, 2.45) is 10.7 Å². The van der Waals surface area contributed by atoms with E-state index in [1.165, 1.54) is 0 Å². The quantitative estimate of drug-likeness (QED) is 0.309. The lowest BCUT2D eigenvalue weighted by atomic mass is 9.96. The van der Waals surface area contributed by atoms with E-state index in [2.05, 4.69) is 20.5 Å². The summed E-state index contributed by atoms with van der Waals surface area (Å²) in [5, 5.41) is 9.57. The molecule has 2 aromatic rings. The summed E-state index contributed by atoms with van der Waals surface area (Å²) in [4.78, 5) is 31.6. The number of ether oxygens (including phenoxy) is 1. The van der Waals surface area contributed by atoms with Gasteiger partial charge in [0.2, 0.25) is 0 Å². The van der Waals surface area contributed by atoms with Crippen LogP contribution in [0.5, 0.6) is 0 Å². The number of rotatable bonds is 8. The van der Waals surface area contributed by atoms with E-state index in [0.717, 1.165) is 46.7 Å². The third kappa shape index (κ3) is 5.75. The van der Waals surface area contributed by atoms with E-state index in [9.17, 15) is 9.59 Å². The van der Waals surface area contributed by atoms with Gasteiger partial charge in [0, 0.05) is 42.4 Å². The van der Waals surface area contributed by atoms with Crippen LogP contribution >= 0.6 is 11.3 Å². The molecule has 1 fully saturated rings. The minimum Gasteiger partial charge on any atom is -0.446 e. The summed E-state index contributed by atoms with van der Waals surface area (Å²) in [6.07, 6.45) is 11.6. The number of nitrogens with zero attached hydrogens (tertiary/aromatic N) is 3. The number of hydrogen-bond donors (Lipinski definition) is 3. The van der Waals surface area contributed by atoms with Crippen LogP contribution in [0, 0.1) is 0 Å². The third-order valence-corrected chi connectivity index (χ3v) is 6.67. The molecule has 4 rings (SSSR count). The normalized spacial score (nSPS) is 16.2. The number of nitrogens with one attached hydrogen (secondary N) is 2. The van der Waals surface area contributed by atoms with E-state index in [1.807, 2.05) is 31.5 Å². The molecule has 2 aromatic heterocycles. The highest BCUT2D eigenvalue weighted by Gasteiger charge is 2.26. The van der Waals surface area contributed by atoms with Crippen LogP contribution in [0.1, 0.15) is 50.3 Å². The minimum absolute atomic E-state index is 0.0533. The van der Waals surface area contributed by atoms with Crippen molar-refractivity contribution in [2.75, 3.05) is 13.1 Å². The summed E-state index contributed by atoms with van der Waals surface area (Å²) in [7, 11) is 0. The minimum atomic E-state index is -0.393. The number of aromatic nitrogens is 2. The maximum Gasteiger partial charge on any atom is 0.415 e. The third-order valence-electron chi connectivity index (χ3n) is 5.55. The average molecular weight is 470 g/mol. The SMILES string of the molecule is CCC[N+](=CCCNC(=O)OC1CCC1)C(=O)C1=Cc2sc(-c3cn[nH]c3)cc2N=C(N)C1. The molecule has 33 heavy (non-hydrogen) atoms. The van der Waals surface area contributed by atoms with E-state index in [1.54, 1.807) is 22.1 Å². The first kappa shape index (κ1) is 22.9. The number of carbonyl (C=O) groups excluding carboxylic acids is 2. The first-order valence-corrected chi connectivity index (χ1v) is 12.1. The first-order valence-electron chi connectivity index (χ1n) is 11.3. The number of alkyl carbamates (subject to hydrolysis) is 1. The van der Waals surface area contributed by atoms with Crippen LogP contribution in [0.15, 0.2) is 29.0 Å². The fourth-order valence-electron chi connectivity index (χ4n) is 3.63. The molecule has 4 N–H and O–H groups in total. The first-order chi connectivity index (χ1) is 16.0. The van der Waals surface area contributed by atoms with E-state index in [0.29, 0.717) is 37.3 Å². The van der Waals surface area contributed by atoms with Gasteiger partial charge in [-0.25, -0.2) is 14.6 Å². The largest absolute Gasteiger partial charge is 0.446 e. The van der Waals surface area contributed by atoms with E-state index < -0.39 is 6.09 Å². The maximum absolute atomic E-state index is 13.3. The molecule has 174 valence electrons. The molecule has 0 unspecified atom stereocenters. The van der Waals surface area contributed by atoms with Crippen molar-refractivity contribution in [1.82, 2.24) is 15.5 Å². The van der Waals surface area contributed by atoms with Crippen LogP contribution in [0.25, 0.3) is 16.5 Å². The average Bonchev–Trinajstić information content (AvgIpc) is 3.40. The highest BCUT2D eigenvalue weighted by molar-refractivity contribution is 7.17. The Hall–Kier alpha value is -3.27. The van der Waals surface area contributed by atoms with Crippen LogP contribution in [0.3, 0.4) is 0 Å². The number of aromatic amines is 1. The number of hydrogen-bond acceptors (Lipinski definition) is 7. The lowest BCUT2D eigenvalue weighted by Crippen LogP contribution is -2.33. The molecule has 10 heteroatoms. The van der Waals surface area contributed by atoms with Gasteiger partial charge in [0.05, 0.1) is 22.3 Å². The highest BCUT2D eigenvalue weighted by atomic mass is 32.1. The Bertz CT molecular complexity index is 1100. The summed E-state index contributed by atoms with van der Waals surface area (Å²) in [5.41, 5.74) is 8.46. The number of amidine groups is 1. The van der Waals surface area contributed by atoms with Gasteiger partial charge in [0.25, 0.3) is 0 Å². The number of aliphatic imine (C=N–C) groups is 1.